The topological polar surface area (TPSA) is 84.4 Å². The van der Waals surface area contributed by atoms with Gasteiger partial charge in [0, 0.05) is 59.7 Å². The van der Waals surface area contributed by atoms with Gasteiger partial charge in [0.1, 0.15) is 5.60 Å². The van der Waals surface area contributed by atoms with Crippen LogP contribution in [0.4, 0.5) is 4.79 Å². The predicted molar refractivity (Wildman–Crippen MR) is 116 cm³/mol. The molecule has 2 N–H and O–H groups in total. The lowest BCUT2D eigenvalue weighted by Gasteiger charge is -2.27. The minimum Gasteiger partial charge on any atom is -0.444 e. The van der Waals surface area contributed by atoms with Crippen molar-refractivity contribution in [3.63, 3.8) is 0 Å². The van der Waals surface area contributed by atoms with Crippen LogP contribution in [-0.4, -0.2) is 82.2 Å². The van der Waals surface area contributed by atoms with Crippen molar-refractivity contribution in [2.45, 2.75) is 59.0 Å². The van der Waals surface area contributed by atoms with Gasteiger partial charge in [0.2, 0.25) is 0 Å². The van der Waals surface area contributed by atoms with Crippen LogP contribution >= 0.6 is 0 Å². The molecule has 1 aliphatic heterocycles. The highest BCUT2D eigenvalue weighted by Crippen LogP contribution is 2.14. The lowest BCUT2D eigenvalue weighted by Crippen LogP contribution is -2.44. The van der Waals surface area contributed by atoms with Crippen LogP contribution < -0.4 is 10.6 Å². The van der Waals surface area contributed by atoms with Crippen LogP contribution in [0.3, 0.4) is 0 Å². The molecule has 1 amide bonds. The molecule has 1 rings (SSSR count). The van der Waals surface area contributed by atoms with Gasteiger partial charge < -0.3 is 29.7 Å². The van der Waals surface area contributed by atoms with Gasteiger partial charge in [0.15, 0.2) is 5.96 Å². The fourth-order valence-corrected chi connectivity index (χ4v) is 2.96. The molecule has 0 aromatic carbocycles. The summed E-state index contributed by atoms with van der Waals surface area (Å²) in [4.78, 5) is 18.3. The summed E-state index contributed by atoms with van der Waals surface area (Å²) in [5.74, 6) is 1.37. The first kappa shape index (κ1) is 25.5. The Hall–Kier alpha value is -1.54. The molecule has 8 heteroatoms. The van der Waals surface area contributed by atoms with E-state index >= 15 is 0 Å². The number of carbonyl (C=O) groups excluding carboxylic acids is 1. The molecule has 0 aliphatic carbocycles. The molecule has 0 atom stereocenters. The number of amides is 1. The van der Waals surface area contributed by atoms with Crippen molar-refractivity contribution >= 4 is 12.1 Å². The highest BCUT2D eigenvalue weighted by atomic mass is 16.6. The second-order valence-corrected chi connectivity index (χ2v) is 8.38. The first-order valence-electron chi connectivity index (χ1n) is 10.9. The highest BCUT2D eigenvalue weighted by Gasteiger charge is 2.21. The largest absolute Gasteiger partial charge is 0.444 e. The lowest BCUT2D eigenvalue weighted by atomic mass is 10.0. The van der Waals surface area contributed by atoms with Gasteiger partial charge in [-0.2, -0.15) is 0 Å². The molecule has 8 nitrogen and oxygen atoms in total. The van der Waals surface area contributed by atoms with Crippen molar-refractivity contribution in [2.75, 3.05) is 59.7 Å². The maximum Gasteiger partial charge on any atom is 0.410 e. The smallest absolute Gasteiger partial charge is 0.410 e. The van der Waals surface area contributed by atoms with Gasteiger partial charge >= 0.3 is 6.09 Å². The second-order valence-electron chi connectivity index (χ2n) is 8.38. The number of hydrogen-bond donors (Lipinski definition) is 2. The number of nitrogens with one attached hydrogen (secondary N) is 2. The SMILES string of the molecule is CCCN(CCNC(=NC)NCCCOCC1CCOCC1)C(=O)OC(C)(C)C. The molecule has 0 saturated carbocycles. The lowest BCUT2D eigenvalue weighted by molar-refractivity contribution is 0.0203. The molecule has 170 valence electrons. The summed E-state index contributed by atoms with van der Waals surface area (Å²) in [5, 5.41) is 6.54. The van der Waals surface area contributed by atoms with Gasteiger partial charge in [0.05, 0.1) is 0 Å². The summed E-state index contributed by atoms with van der Waals surface area (Å²) in [6.07, 6.45) is 3.75. The summed E-state index contributed by atoms with van der Waals surface area (Å²) >= 11 is 0. The Bertz CT molecular complexity index is 474. The predicted octanol–water partition coefficient (Wildman–Crippen LogP) is 2.63. The van der Waals surface area contributed by atoms with E-state index in [1.54, 1.807) is 11.9 Å². The third-order valence-electron chi connectivity index (χ3n) is 4.50. The van der Waals surface area contributed by atoms with Crippen LogP contribution in [0.15, 0.2) is 4.99 Å². The first-order chi connectivity index (χ1) is 13.9. The Labute approximate surface area is 176 Å². The number of guanidine groups is 1. The van der Waals surface area contributed by atoms with E-state index in [4.69, 9.17) is 14.2 Å². The van der Waals surface area contributed by atoms with Gasteiger partial charge in [-0.1, -0.05) is 6.92 Å². The number of ether oxygens (including phenoxy) is 3. The quantitative estimate of drug-likeness (QED) is 0.307. The average Bonchev–Trinajstić information content (AvgIpc) is 2.67. The molecular formula is C21H42N4O4. The summed E-state index contributed by atoms with van der Waals surface area (Å²) in [5.41, 5.74) is -0.485. The monoisotopic (exact) mass is 414 g/mol. The van der Waals surface area contributed by atoms with Crippen LogP contribution in [0.2, 0.25) is 0 Å². The molecule has 29 heavy (non-hydrogen) atoms. The van der Waals surface area contributed by atoms with Crippen LogP contribution in [0, 0.1) is 5.92 Å². The van der Waals surface area contributed by atoms with Gasteiger partial charge in [-0.15, -0.1) is 0 Å². The summed E-state index contributed by atoms with van der Waals surface area (Å²) in [7, 11) is 1.74. The van der Waals surface area contributed by atoms with Crippen molar-refractivity contribution in [3.05, 3.63) is 0 Å². The Morgan fingerprint density at radius 1 is 1.17 bits per heavy atom. The van der Waals surface area contributed by atoms with E-state index in [2.05, 4.69) is 22.5 Å². The maximum absolute atomic E-state index is 12.3. The van der Waals surface area contributed by atoms with E-state index < -0.39 is 5.60 Å². The Morgan fingerprint density at radius 2 is 1.86 bits per heavy atom. The van der Waals surface area contributed by atoms with Crippen LogP contribution in [-0.2, 0) is 14.2 Å². The molecule has 0 aromatic rings. The molecule has 0 aromatic heterocycles. The highest BCUT2D eigenvalue weighted by molar-refractivity contribution is 5.79. The third kappa shape index (κ3) is 12.6. The minimum absolute atomic E-state index is 0.272. The molecule has 0 spiro atoms. The zero-order valence-electron chi connectivity index (χ0n) is 19.1. The van der Waals surface area contributed by atoms with Gasteiger partial charge in [-0.25, -0.2) is 4.79 Å². The van der Waals surface area contributed by atoms with Gasteiger partial charge in [-0.05, 0) is 52.4 Å². The molecule has 1 heterocycles. The van der Waals surface area contributed by atoms with Crippen LogP contribution in [0.25, 0.3) is 0 Å². The third-order valence-corrected chi connectivity index (χ3v) is 4.50. The summed E-state index contributed by atoms with van der Waals surface area (Å²) < 4.78 is 16.6. The number of aliphatic imine (C=N–C) groups is 1. The average molecular weight is 415 g/mol. The van der Waals surface area contributed by atoms with E-state index in [9.17, 15) is 4.79 Å². The van der Waals surface area contributed by atoms with Crippen molar-refractivity contribution in [3.8, 4) is 0 Å². The first-order valence-corrected chi connectivity index (χ1v) is 10.9. The molecule has 0 bridgehead atoms. The van der Waals surface area contributed by atoms with Crippen molar-refractivity contribution in [1.29, 1.82) is 0 Å². The number of hydrogen-bond acceptors (Lipinski definition) is 5. The normalized spacial score (nSPS) is 15.8. The maximum atomic E-state index is 12.3. The molecule has 1 fully saturated rings. The standard InChI is InChI=1S/C21H42N4O4/c1-6-12-25(20(26)29-21(2,3)4)13-11-24-19(22-5)23-10-7-14-28-17-18-8-15-27-16-9-18/h18H,6-17H2,1-5H3,(H2,22,23,24). The Kier molecular flexibility index (Phi) is 12.7. The molecule has 1 saturated heterocycles. The van der Waals surface area contributed by atoms with E-state index in [1.165, 1.54) is 0 Å². The minimum atomic E-state index is -0.485. The summed E-state index contributed by atoms with van der Waals surface area (Å²) in [6, 6.07) is 0. The Balaban J connectivity index is 2.17. The fraction of sp³-hybridized carbons (Fsp3) is 0.905. The van der Waals surface area contributed by atoms with Crippen LogP contribution in [0.1, 0.15) is 53.4 Å². The summed E-state index contributed by atoms with van der Waals surface area (Å²) in [6.45, 7) is 13.6. The zero-order chi connectivity index (χ0) is 21.5. The number of rotatable bonds is 11. The van der Waals surface area contributed by atoms with Crippen molar-refractivity contribution < 1.29 is 19.0 Å². The number of nitrogens with zero attached hydrogens (tertiary/aromatic N) is 2. The van der Waals surface area contributed by atoms with Gasteiger partial charge in [-0.3, -0.25) is 4.99 Å². The fourth-order valence-electron chi connectivity index (χ4n) is 2.96. The van der Waals surface area contributed by atoms with E-state index in [0.717, 1.165) is 64.6 Å². The second kappa shape index (κ2) is 14.4. The van der Waals surface area contributed by atoms with Gasteiger partial charge in [0.25, 0.3) is 0 Å². The zero-order valence-corrected chi connectivity index (χ0v) is 19.1. The Morgan fingerprint density at radius 3 is 2.48 bits per heavy atom. The van der Waals surface area contributed by atoms with Crippen molar-refractivity contribution in [1.82, 2.24) is 15.5 Å². The van der Waals surface area contributed by atoms with E-state index in [0.29, 0.717) is 25.6 Å². The molecule has 0 unspecified atom stereocenters. The van der Waals surface area contributed by atoms with E-state index in [-0.39, 0.29) is 6.09 Å². The number of carbonyl (C=O) groups is 1. The van der Waals surface area contributed by atoms with Crippen molar-refractivity contribution in [2.24, 2.45) is 10.9 Å². The molecular weight excluding hydrogens is 372 g/mol. The van der Waals surface area contributed by atoms with Crippen LogP contribution in [0.5, 0.6) is 0 Å². The molecule has 1 aliphatic rings. The molecule has 0 radical (unpaired) electrons. The van der Waals surface area contributed by atoms with E-state index in [1.807, 2.05) is 20.8 Å².